The Morgan fingerprint density at radius 2 is 1.63 bits per heavy atom. The zero-order valence-corrected chi connectivity index (χ0v) is 14.7. The summed E-state index contributed by atoms with van der Waals surface area (Å²) in [4.78, 5) is 13.0. The van der Waals surface area contributed by atoms with Gasteiger partial charge in [0.1, 0.15) is 0 Å². The van der Waals surface area contributed by atoms with Crippen molar-refractivity contribution in [3.05, 3.63) is 0 Å². The van der Waals surface area contributed by atoms with Gasteiger partial charge in [0.25, 0.3) is 6.10 Å². The Balaban J connectivity index is 2.33. The van der Waals surface area contributed by atoms with Crippen LogP contribution in [0.5, 0.6) is 6.01 Å². The quantitative estimate of drug-likeness (QED) is 0.695. The van der Waals surface area contributed by atoms with Crippen molar-refractivity contribution in [2.24, 2.45) is 5.92 Å². The minimum atomic E-state index is -5.66. The molecule has 0 aliphatic carbocycles. The molecule has 1 aliphatic rings. The maximum atomic E-state index is 12.8. The van der Waals surface area contributed by atoms with Crippen LogP contribution in [0.2, 0.25) is 0 Å². The Kier molecular flexibility index (Phi) is 6.54. The molecule has 0 aromatic carbocycles. The molecular formula is C14H21F6N6O+. The molecule has 0 spiro atoms. The van der Waals surface area contributed by atoms with E-state index >= 15 is 0 Å². The van der Waals surface area contributed by atoms with Crippen molar-refractivity contribution in [2.75, 3.05) is 42.9 Å². The highest BCUT2D eigenvalue weighted by molar-refractivity contribution is 5.38. The third-order valence-electron chi connectivity index (χ3n) is 3.58. The van der Waals surface area contributed by atoms with Crippen molar-refractivity contribution in [3.8, 4) is 6.01 Å². The summed E-state index contributed by atoms with van der Waals surface area (Å²) >= 11 is 0. The van der Waals surface area contributed by atoms with Crippen LogP contribution in [0, 0.1) is 5.92 Å². The minimum Gasteiger partial charge on any atom is -0.440 e. The lowest BCUT2D eigenvalue weighted by atomic mass is 10.2. The van der Waals surface area contributed by atoms with Gasteiger partial charge in [-0.05, 0) is 5.92 Å². The summed E-state index contributed by atoms with van der Waals surface area (Å²) in [5, 5.41) is 4.80. The van der Waals surface area contributed by atoms with Crippen molar-refractivity contribution in [2.45, 2.75) is 32.3 Å². The highest BCUT2D eigenvalue weighted by Crippen LogP contribution is 2.36. The van der Waals surface area contributed by atoms with E-state index in [0.717, 1.165) is 0 Å². The molecule has 154 valence electrons. The largest absolute Gasteiger partial charge is 0.440 e. The number of nitrogens with two attached hydrogens (primary N) is 1. The molecule has 27 heavy (non-hydrogen) atoms. The van der Waals surface area contributed by atoms with Gasteiger partial charge >= 0.3 is 18.4 Å². The molecule has 2 rings (SSSR count). The van der Waals surface area contributed by atoms with E-state index in [4.69, 9.17) is 0 Å². The van der Waals surface area contributed by atoms with Crippen molar-refractivity contribution in [1.29, 1.82) is 0 Å². The molecule has 1 aliphatic heterocycles. The number of ether oxygens (including phenoxy) is 1. The number of aromatic nitrogens is 3. The van der Waals surface area contributed by atoms with E-state index < -0.39 is 24.5 Å². The van der Waals surface area contributed by atoms with Gasteiger partial charge in [0.15, 0.2) is 0 Å². The Morgan fingerprint density at radius 1 is 1.04 bits per heavy atom. The number of alkyl halides is 6. The zero-order chi connectivity index (χ0) is 20.2. The molecule has 1 saturated heterocycles. The lowest BCUT2D eigenvalue weighted by Gasteiger charge is -2.26. The van der Waals surface area contributed by atoms with Gasteiger partial charge in [0.05, 0.1) is 26.2 Å². The number of nitrogens with zero attached hydrogens (tertiary/aromatic N) is 4. The first kappa shape index (κ1) is 21.3. The van der Waals surface area contributed by atoms with Gasteiger partial charge in [-0.25, -0.2) is 0 Å². The predicted molar refractivity (Wildman–Crippen MR) is 83.6 cm³/mol. The van der Waals surface area contributed by atoms with Crippen molar-refractivity contribution >= 4 is 11.9 Å². The van der Waals surface area contributed by atoms with Crippen molar-refractivity contribution in [1.82, 2.24) is 15.0 Å². The first-order chi connectivity index (χ1) is 12.5. The van der Waals surface area contributed by atoms with E-state index in [1.54, 1.807) is 4.90 Å². The number of quaternary nitrogens is 1. The molecule has 1 fully saturated rings. The molecule has 0 saturated carbocycles. The third kappa shape index (κ3) is 6.26. The van der Waals surface area contributed by atoms with Gasteiger partial charge < -0.3 is 20.3 Å². The Hall–Kier alpha value is -2.05. The Morgan fingerprint density at radius 3 is 2.15 bits per heavy atom. The van der Waals surface area contributed by atoms with Crippen LogP contribution < -0.4 is 20.3 Å². The molecule has 3 N–H and O–H groups in total. The molecule has 0 amide bonds. The van der Waals surface area contributed by atoms with Gasteiger partial charge in [-0.15, -0.1) is 0 Å². The number of hydrogen-bond donors (Lipinski definition) is 2. The number of nitrogens with one attached hydrogen (secondary N) is 1. The summed E-state index contributed by atoms with van der Waals surface area (Å²) in [5.41, 5.74) is 0. The molecule has 0 radical (unpaired) electrons. The normalized spacial score (nSPS) is 16.1. The minimum absolute atomic E-state index is 0.0255. The smallest absolute Gasteiger partial charge is 0.434 e. The third-order valence-corrected chi connectivity index (χ3v) is 3.58. The Bertz CT molecular complexity index is 603. The molecule has 1 aromatic heterocycles. The van der Waals surface area contributed by atoms with Crippen LogP contribution in [-0.4, -0.2) is 66.1 Å². The van der Waals surface area contributed by atoms with E-state index in [-0.39, 0.29) is 17.8 Å². The summed E-state index contributed by atoms with van der Waals surface area (Å²) in [6.07, 6.45) is -15.3. The van der Waals surface area contributed by atoms with E-state index in [2.05, 4.69) is 25.0 Å². The van der Waals surface area contributed by atoms with Crippen LogP contribution in [0.4, 0.5) is 38.2 Å². The summed E-state index contributed by atoms with van der Waals surface area (Å²) in [5.74, 6) is -0.0129. The second kappa shape index (κ2) is 8.31. The summed E-state index contributed by atoms with van der Waals surface area (Å²) in [6, 6.07) is -1.03. The van der Waals surface area contributed by atoms with E-state index in [0.29, 0.717) is 32.7 Å². The zero-order valence-electron chi connectivity index (χ0n) is 14.7. The summed E-state index contributed by atoms with van der Waals surface area (Å²) in [6.45, 7) is 6.50. The standard InChI is InChI=1S/C14H20F6N6O/c1-8(2)7-22-10-23-11(26-5-3-21-4-6-26)25-12(24-10)27-9(13(15,16)17)14(18,19)20/h8-9,21H,3-7H2,1-2H3,(H,22,23,24,25)/p+1. The maximum Gasteiger partial charge on any atom is 0.434 e. The molecule has 1 aromatic rings. The number of anilines is 2. The number of rotatable bonds is 6. The van der Waals surface area contributed by atoms with Crippen LogP contribution >= 0.6 is 0 Å². The van der Waals surface area contributed by atoms with Gasteiger partial charge in [-0.1, -0.05) is 13.8 Å². The second-order valence-electron chi connectivity index (χ2n) is 6.45. The number of hydrogen-bond acceptors (Lipinski definition) is 6. The first-order valence-corrected chi connectivity index (χ1v) is 8.33. The van der Waals surface area contributed by atoms with Crippen LogP contribution in [-0.2, 0) is 0 Å². The van der Waals surface area contributed by atoms with Crippen LogP contribution in [0.3, 0.4) is 0 Å². The van der Waals surface area contributed by atoms with Crippen molar-refractivity contribution in [3.63, 3.8) is 0 Å². The highest BCUT2D eigenvalue weighted by atomic mass is 19.4. The average molecular weight is 403 g/mol. The fraction of sp³-hybridized carbons (Fsp3) is 0.786. The van der Waals surface area contributed by atoms with Crippen LogP contribution in [0.1, 0.15) is 13.8 Å². The lowest BCUT2D eigenvalue weighted by Crippen LogP contribution is -2.89. The van der Waals surface area contributed by atoms with Crippen LogP contribution in [0.25, 0.3) is 0 Å². The monoisotopic (exact) mass is 403 g/mol. The lowest BCUT2D eigenvalue weighted by molar-refractivity contribution is -0.655. The van der Waals surface area contributed by atoms with Crippen LogP contribution in [0.15, 0.2) is 0 Å². The second-order valence-corrected chi connectivity index (χ2v) is 6.45. The highest BCUT2D eigenvalue weighted by Gasteiger charge is 2.59. The number of halogens is 6. The average Bonchev–Trinajstić information content (AvgIpc) is 2.56. The molecule has 2 heterocycles. The van der Waals surface area contributed by atoms with Crippen molar-refractivity contribution < 1.29 is 36.4 Å². The Labute approximate surface area is 151 Å². The summed E-state index contributed by atoms with van der Waals surface area (Å²) in [7, 11) is 0. The molecule has 13 heteroatoms. The van der Waals surface area contributed by atoms with Gasteiger partial charge in [0, 0.05) is 6.54 Å². The first-order valence-electron chi connectivity index (χ1n) is 8.33. The van der Waals surface area contributed by atoms with E-state index in [9.17, 15) is 26.3 Å². The topological polar surface area (TPSA) is 79.8 Å². The fourth-order valence-corrected chi connectivity index (χ4v) is 2.29. The van der Waals surface area contributed by atoms with Gasteiger partial charge in [-0.3, -0.25) is 0 Å². The number of piperazine rings is 1. The predicted octanol–water partition coefficient (Wildman–Crippen LogP) is 1.19. The molecule has 7 nitrogen and oxygen atoms in total. The van der Waals surface area contributed by atoms with E-state index in [1.807, 2.05) is 19.2 Å². The van der Waals surface area contributed by atoms with E-state index in [1.165, 1.54) is 0 Å². The van der Waals surface area contributed by atoms with Gasteiger partial charge in [-0.2, -0.15) is 41.3 Å². The molecule has 0 bridgehead atoms. The molecule has 0 atom stereocenters. The molecule has 0 unspecified atom stereocenters. The fourth-order valence-electron chi connectivity index (χ4n) is 2.29. The maximum absolute atomic E-state index is 12.8. The SMILES string of the molecule is CC(C)CNc1nc(OC(C(F)(F)F)C(F)(F)F)nc(N2CC[NH2+]CC2)n1. The summed E-state index contributed by atoms with van der Waals surface area (Å²) < 4.78 is 80.7. The molecular weight excluding hydrogens is 382 g/mol. The van der Waals surface area contributed by atoms with Gasteiger partial charge in [0.2, 0.25) is 11.9 Å².